The Morgan fingerprint density at radius 3 is 2.62 bits per heavy atom. The summed E-state index contributed by atoms with van der Waals surface area (Å²) in [5, 5.41) is 0.853. The van der Waals surface area contributed by atoms with Gasteiger partial charge in [0.25, 0.3) is 0 Å². The maximum atomic E-state index is 6.46. The maximum absolute atomic E-state index is 6.46. The second kappa shape index (κ2) is 8.04. The number of nitrogens with zero attached hydrogens (tertiary/aromatic N) is 1. The third-order valence-electron chi connectivity index (χ3n) is 4.85. The molecule has 2 aromatic carbocycles. The minimum absolute atomic E-state index is 0.523. The lowest BCUT2D eigenvalue weighted by molar-refractivity contribution is 0.187. The zero-order chi connectivity index (χ0) is 16.9. The van der Waals surface area contributed by atoms with Crippen molar-refractivity contribution in [2.24, 2.45) is 0 Å². The van der Waals surface area contributed by atoms with E-state index in [1.807, 2.05) is 19.1 Å². The van der Waals surface area contributed by atoms with Gasteiger partial charge in [-0.25, -0.2) is 0 Å². The van der Waals surface area contributed by atoms with Gasteiger partial charge in [0.05, 0.1) is 6.61 Å². The SMILES string of the molecule is CCOc1ccc(Cc2cc(C3CCCCN3C)ccc2Cl)cc1. The second-order valence-corrected chi connectivity index (χ2v) is 7.00. The number of hydrogen-bond donors (Lipinski definition) is 0. The zero-order valence-corrected chi connectivity index (χ0v) is 15.4. The molecule has 2 nitrogen and oxygen atoms in total. The van der Waals surface area contributed by atoms with Crippen molar-refractivity contribution in [1.29, 1.82) is 0 Å². The summed E-state index contributed by atoms with van der Waals surface area (Å²) in [6, 6.07) is 15.4. The van der Waals surface area contributed by atoms with Crippen LogP contribution >= 0.6 is 11.6 Å². The van der Waals surface area contributed by atoms with Gasteiger partial charge in [0.1, 0.15) is 5.75 Å². The number of rotatable bonds is 5. The summed E-state index contributed by atoms with van der Waals surface area (Å²) in [5.41, 5.74) is 3.86. The Balaban J connectivity index is 1.78. The van der Waals surface area contributed by atoms with Crippen LogP contribution in [0.3, 0.4) is 0 Å². The van der Waals surface area contributed by atoms with Crippen molar-refractivity contribution in [3.63, 3.8) is 0 Å². The number of hydrogen-bond acceptors (Lipinski definition) is 2. The van der Waals surface area contributed by atoms with Crippen LogP contribution in [0.2, 0.25) is 5.02 Å². The number of likely N-dealkylation sites (tertiary alicyclic amines) is 1. The van der Waals surface area contributed by atoms with Gasteiger partial charge in [0, 0.05) is 11.1 Å². The second-order valence-electron chi connectivity index (χ2n) is 6.60. The van der Waals surface area contributed by atoms with Crippen molar-refractivity contribution < 1.29 is 4.74 Å². The maximum Gasteiger partial charge on any atom is 0.119 e. The van der Waals surface area contributed by atoms with Gasteiger partial charge in [-0.1, -0.05) is 42.3 Å². The predicted molar refractivity (Wildman–Crippen MR) is 101 cm³/mol. The minimum atomic E-state index is 0.523. The highest BCUT2D eigenvalue weighted by molar-refractivity contribution is 6.31. The van der Waals surface area contributed by atoms with Gasteiger partial charge >= 0.3 is 0 Å². The van der Waals surface area contributed by atoms with Gasteiger partial charge in [-0.15, -0.1) is 0 Å². The molecule has 0 spiro atoms. The summed E-state index contributed by atoms with van der Waals surface area (Å²) in [5.74, 6) is 0.921. The molecular weight excluding hydrogens is 318 g/mol. The van der Waals surface area contributed by atoms with E-state index in [-0.39, 0.29) is 0 Å². The van der Waals surface area contributed by atoms with Gasteiger partial charge in [-0.3, -0.25) is 4.90 Å². The number of piperidine rings is 1. The lowest BCUT2D eigenvalue weighted by atomic mass is 9.93. The van der Waals surface area contributed by atoms with E-state index in [1.165, 1.54) is 42.5 Å². The van der Waals surface area contributed by atoms with Gasteiger partial charge in [-0.2, -0.15) is 0 Å². The number of halogens is 1. The molecule has 2 aromatic rings. The van der Waals surface area contributed by atoms with Gasteiger partial charge in [-0.05, 0) is 74.7 Å². The van der Waals surface area contributed by atoms with E-state index in [0.717, 1.165) is 17.2 Å². The molecule has 1 fully saturated rings. The molecule has 3 heteroatoms. The van der Waals surface area contributed by atoms with Crippen molar-refractivity contribution in [3.05, 3.63) is 64.2 Å². The highest BCUT2D eigenvalue weighted by atomic mass is 35.5. The standard InChI is InChI=1S/C21H26ClNO/c1-3-24-19-10-7-16(8-11-19)14-18-15-17(9-12-20(18)22)21-6-4-5-13-23(21)2/h7-12,15,21H,3-6,13-14H2,1-2H3. The first-order chi connectivity index (χ1) is 11.7. The Bertz CT molecular complexity index is 668. The van der Waals surface area contributed by atoms with Crippen LogP contribution in [-0.4, -0.2) is 25.1 Å². The Hall–Kier alpha value is -1.51. The smallest absolute Gasteiger partial charge is 0.119 e. The van der Waals surface area contributed by atoms with Gasteiger partial charge in [0.15, 0.2) is 0 Å². The van der Waals surface area contributed by atoms with Gasteiger partial charge < -0.3 is 4.74 Å². The molecule has 1 atom stereocenters. The van der Waals surface area contributed by atoms with E-state index >= 15 is 0 Å². The van der Waals surface area contributed by atoms with Crippen LogP contribution in [0.1, 0.15) is 48.9 Å². The van der Waals surface area contributed by atoms with E-state index in [9.17, 15) is 0 Å². The number of ether oxygens (including phenoxy) is 1. The van der Waals surface area contributed by atoms with Crippen LogP contribution in [-0.2, 0) is 6.42 Å². The van der Waals surface area contributed by atoms with E-state index in [4.69, 9.17) is 16.3 Å². The molecule has 1 unspecified atom stereocenters. The zero-order valence-electron chi connectivity index (χ0n) is 14.6. The Morgan fingerprint density at radius 1 is 1.12 bits per heavy atom. The fourth-order valence-corrected chi connectivity index (χ4v) is 3.71. The van der Waals surface area contributed by atoms with Crippen molar-refractivity contribution in [1.82, 2.24) is 4.90 Å². The molecule has 3 rings (SSSR count). The molecule has 1 aliphatic rings. The lowest BCUT2D eigenvalue weighted by Gasteiger charge is -2.33. The molecule has 0 saturated carbocycles. The molecule has 1 heterocycles. The Morgan fingerprint density at radius 2 is 1.92 bits per heavy atom. The third kappa shape index (κ3) is 4.12. The summed E-state index contributed by atoms with van der Waals surface area (Å²) in [6.07, 6.45) is 4.71. The minimum Gasteiger partial charge on any atom is -0.494 e. The monoisotopic (exact) mass is 343 g/mol. The molecule has 1 saturated heterocycles. The van der Waals surface area contributed by atoms with Crippen molar-refractivity contribution >= 4 is 11.6 Å². The van der Waals surface area contributed by atoms with Crippen molar-refractivity contribution in [2.75, 3.05) is 20.2 Å². The molecular formula is C21H26ClNO. The fourth-order valence-electron chi connectivity index (χ4n) is 3.52. The average Bonchev–Trinajstić information content (AvgIpc) is 2.59. The highest BCUT2D eigenvalue weighted by Gasteiger charge is 2.21. The molecule has 1 aliphatic heterocycles. The van der Waals surface area contributed by atoms with E-state index in [0.29, 0.717) is 12.6 Å². The summed E-state index contributed by atoms with van der Waals surface area (Å²) >= 11 is 6.46. The summed E-state index contributed by atoms with van der Waals surface area (Å²) < 4.78 is 5.51. The van der Waals surface area contributed by atoms with E-state index in [2.05, 4.69) is 42.3 Å². The summed E-state index contributed by atoms with van der Waals surface area (Å²) in [4.78, 5) is 2.47. The molecule has 128 valence electrons. The third-order valence-corrected chi connectivity index (χ3v) is 5.22. The molecule has 0 amide bonds. The first-order valence-electron chi connectivity index (χ1n) is 8.87. The van der Waals surface area contributed by atoms with Crippen molar-refractivity contribution in [3.8, 4) is 5.75 Å². The first-order valence-corrected chi connectivity index (χ1v) is 9.25. The van der Waals surface area contributed by atoms with Crippen LogP contribution in [0.25, 0.3) is 0 Å². The lowest BCUT2D eigenvalue weighted by Crippen LogP contribution is -2.29. The molecule has 0 aliphatic carbocycles. The van der Waals surface area contributed by atoms with E-state index in [1.54, 1.807) is 0 Å². The largest absolute Gasteiger partial charge is 0.494 e. The predicted octanol–water partition coefficient (Wildman–Crippen LogP) is 5.49. The Kier molecular flexibility index (Phi) is 5.80. The normalized spacial score (nSPS) is 18.5. The van der Waals surface area contributed by atoms with Crippen LogP contribution in [0.15, 0.2) is 42.5 Å². The molecule has 0 bridgehead atoms. The fraction of sp³-hybridized carbons (Fsp3) is 0.429. The molecule has 24 heavy (non-hydrogen) atoms. The summed E-state index contributed by atoms with van der Waals surface area (Å²) in [7, 11) is 2.23. The van der Waals surface area contributed by atoms with Crippen LogP contribution in [0.4, 0.5) is 0 Å². The quantitative estimate of drug-likeness (QED) is 0.712. The topological polar surface area (TPSA) is 12.5 Å². The molecule has 0 N–H and O–H groups in total. The van der Waals surface area contributed by atoms with Gasteiger partial charge in [0.2, 0.25) is 0 Å². The average molecular weight is 344 g/mol. The highest BCUT2D eigenvalue weighted by Crippen LogP contribution is 2.32. The van der Waals surface area contributed by atoms with Crippen LogP contribution in [0.5, 0.6) is 5.75 Å². The van der Waals surface area contributed by atoms with E-state index < -0.39 is 0 Å². The van der Waals surface area contributed by atoms with Crippen LogP contribution in [0, 0.1) is 0 Å². The first kappa shape index (κ1) is 17.3. The Labute approximate surface area is 150 Å². The molecule has 0 aromatic heterocycles. The number of benzene rings is 2. The summed E-state index contributed by atoms with van der Waals surface area (Å²) in [6.45, 7) is 3.88. The van der Waals surface area contributed by atoms with Crippen LogP contribution < -0.4 is 4.74 Å². The molecule has 0 radical (unpaired) electrons. The van der Waals surface area contributed by atoms with Crippen molar-refractivity contribution in [2.45, 2.75) is 38.6 Å².